The average Bonchev–Trinajstić information content (AvgIpc) is 2.93. The van der Waals surface area contributed by atoms with E-state index in [1.807, 2.05) is 45.9 Å². The van der Waals surface area contributed by atoms with Gasteiger partial charge in [-0.15, -0.1) is 0 Å². The first kappa shape index (κ1) is 29.9. The van der Waals surface area contributed by atoms with Gasteiger partial charge < -0.3 is 9.47 Å². The Morgan fingerprint density at radius 1 is 1.15 bits per heavy atom. The van der Waals surface area contributed by atoms with Crippen molar-refractivity contribution in [1.29, 1.82) is 0 Å². The largest absolute Gasteiger partial charge is 0.494 e. The molecule has 41 heavy (non-hydrogen) atoms. The van der Waals surface area contributed by atoms with E-state index in [-0.39, 0.29) is 29.0 Å². The van der Waals surface area contributed by atoms with Gasteiger partial charge in [-0.2, -0.15) is 9.78 Å². The molecule has 0 fully saturated rings. The van der Waals surface area contributed by atoms with Crippen molar-refractivity contribution in [2.75, 3.05) is 6.61 Å². The Labute approximate surface area is 247 Å². The summed E-state index contributed by atoms with van der Waals surface area (Å²) in [6.45, 7) is 12.3. The normalized spacial score (nSPS) is 12.3. The third-order valence-electron chi connectivity index (χ3n) is 6.74. The van der Waals surface area contributed by atoms with Gasteiger partial charge in [-0.1, -0.05) is 48.8 Å². The second-order valence-electron chi connectivity index (χ2n) is 10.0. The highest BCUT2D eigenvalue weighted by molar-refractivity contribution is 9.10. The van der Waals surface area contributed by atoms with Gasteiger partial charge in [0.2, 0.25) is 5.75 Å². The van der Waals surface area contributed by atoms with Crippen molar-refractivity contribution in [3.8, 4) is 22.9 Å². The smallest absolute Gasteiger partial charge is 0.312 e. The Kier molecular flexibility index (Phi) is 9.22. The van der Waals surface area contributed by atoms with Crippen LogP contribution in [0.1, 0.15) is 63.6 Å². The van der Waals surface area contributed by atoms with Gasteiger partial charge >= 0.3 is 5.69 Å². The minimum Gasteiger partial charge on any atom is -0.494 e. The monoisotopic (exact) mass is 620 g/mol. The zero-order valence-corrected chi connectivity index (χ0v) is 25.6. The highest BCUT2D eigenvalue weighted by Crippen LogP contribution is 2.36. The number of ether oxygens (including phenoxy) is 2. The number of nitro benzene ring substituents is 1. The number of halogens is 1. The number of fused-ring (bicyclic) bond motifs is 1. The first-order chi connectivity index (χ1) is 19.5. The molecule has 0 aliphatic rings. The van der Waals surface area contributed by atoms with Crippen LogP contribution in [0.3, 0.4) is 0 Å². The molecule has 0 saturated carbocycles. The lowest BCUT2D eigenvalue weighted by Gasteiger charge is -2.18. The highest BCUT2D eigenvalue weighted by atomic mass is 79.9. The number of para-hydroxylation sites is 1. The first-order valence-electron chi connectivity index (χ1n) is 13.5. The maximum absolute atomic E-state index is 13.8. The molecule has 9 nitrogen and oxygen atoms in total. The molecule has 10 heteroatoms. The predicted molar refractivity (Wildman–Crippen MR) is 166 cm³/mol. The van der Waals surface area contributed by atoms with Crippen LogP contribution in [-0.2, 0) is 0 Å². The molecule has 1 heterocycles. The van der Waals surface area contributed by atoms with Gasteiger partial charge in [-0.25, -0.2) is 4.98 Å². The van der Waals surface area contributed by atoms with E-state index < -0.39 is 4.92 Å². The van der Waals surface area contributed by atoms with Crippen LogP contribution in [-0.4, -0.2) is 33.5 Å². The zero-order chi connectivity index (χ0) is 29.8. The molecule has 214 valence electrons. The Bertz CT molecular complexity index is 1700. The fourth-order valence-electron chi connectivity index (χ4n) is 4.44. The second-order valence-corrected chi connectivity index (χ2v) is 11.0. The van der Waals surface area contributed by atoms with E-state index in [4.69, 9.17) is 14.5 Å². The summed E-state index contributed by atoms with van der Waals surface area (Å²) in [5.41, 5.74) is 2.90. The maximum atomic E-state index is 13.8. The number of hydrogen-bond donors (Lipinski definition) is 0. The van der Waals surface area contributed by atoms with Gasteiger partial charge in [0.1, 0.15) is 5.75 Å². The van der Waals surface area contributed by atoms with Crippen LogP contribution in [0.15, 0.2) is 62.9 Å². The minimum atomic E-state index is -0.494. The second kappa shape index (κ2) is 12.6. The van der Waals surface area contributed by atoms with Crippen LogP contribution >= 0.6 is 15.9 Å². The van der Waals surface area contributed by atoms with E-state index in [0.717, 1.165) is 22.4 Å². The molecule has 0 amide bonds. The third-order valence-corrected chi connectivity index (χ3v) is 7.20. The summed E-state index contributed by atoms with van der Waals surface area (Å²) in [7, 11) is 0. The van der Waals surface area contributed by atoms with Crippen molar-refractivity contribution in [3.05, 3.63) is 90.2 Å². The lowest BCUT2D eigenvalue weighted by Crippen LogP contribution is -2.21. The van der Waals surface area contributed by atoms with Gasteiger partial charge in [0, 0.05) is 21.7 Å². The van der Waals surface area contributed by atoms with Gasteiger partial charge in [0.25, 0.3) is 5.56 Å². The van der Waals surface area contributed by atoms with Crippen LogP contribution in [0, 0.1) is 17.0 Å². The quantitative estimate of drug-likeness (QED) is 0.102. The van der Waals surface area contributed by atoms with Crippen molar-refractivity contribution >= 4 is 38.7 Å². The molecule has 0 radical (unpaired) electrons. The van der Waals surface area contributed by atoms with E-state index >= 15 is 0 Å². The van der Waals surface area contributed by atoms with Crippen LogP contribution in [0.2, 0.25) is 0 Å². The molecule has 4 rings (SSSR count). The Morgan fingerprint density at radius 2 is 1.88 bits per heavy atom. The van der Waals surface area contributed by atoms with Gasteiger partial charge in [-0.05, 0) is 74.6 Å². The van der Waals surface area contributed by atoms with E-state index in [1.54, 1.807) is 24.3 Å². The lowest BCUT2D eigenvalue weighted by molar-refractivity contribution is -0.386. The molecule has 3 aromatic carbocycles. The Hall–Kier alpha value is -4.05. The average molecular weight is 622 g/mol. The van der Waals surface area contributed by atoms with Crippen molar-refractivity contribution in [3.63, 3.8) is 0 Å². The molecule has 0 aliphatic heterocycles. The number of nitrogens with zero attached hydrogens (tertiary/aromatic N) is 4. The van der Waals surface area contributed by atoms with Crippen LogP contribution in [0.25, 0.3) is 22.3 Å². The summed E-state index contributed by atoms with van der Waals surface area (Å²) in [6.07, 6.45) is 1.78. The first-order valence-corrected chi connectivity index (χ1v) is 14.3. The number of benzene rings is 3. The third kappa shape index (κ3) is 6.32. The van der Waals surface area contributed by atoms with Crippen molar-refractivity contribution in [2.45, 2.75) is 60.0 Å². The van der Waals surface area contributed by atoms with Gasteiger partial charge in [-0.3, -0.25) is 14.9 Å². The number of rotatable bonds is 10. The summed E-state index contributed by atoms with van der Waals surface area (Å²) in [5, 5.41) is 16.9. The Morgan fingerprint density at radius 3 is 2.54 bits per heavy atom. The number of aryl methyl sites for hydroxylation is 1. The summed E-state index contributed by atoms with van der Waals surface area (Å²) in [4.78, 5) is 30.1. The topological polar surface area (TPSA) is 109 Å². The summed E-state index contributed by atoms with van der Waals surface area (Å²) in [5.74, 6) is 1.37. The fraction of sp³-hybridized carbons (Fsp3) is 0.323. The molecule has 0 unspecified atom stereocenters. The lowest BCUT2D eigenvalue weighted by atomic mass is 9.96. The Balaban J connectivity index is 2.00. The maximum Gasteiger partial charge on any atom is 0.312 e. The standard InChI is InChI=1S/C31H33BrN4O5/c1-7-20(6)41-29-21(14-22(32)15-27(29)36(38)39)17-33-35-30(34-26-12-10-9-11-23(26)31(35)37)25-16-24(18(3)4)28(40-8-2)13-19(25)5/h9-18,20H,7-8H2,1-6H3/t20-/m0/s1. The molecular weight excluding hydrogens is 588 g/mol. The number of nitro groups is 1. The molecule has 4 aromatic rings. The number of hydrogen-bond acceptors (Lipinski definition) is 7. The number of aromatic nitrogens is 2. The highest BCUT2D eigenvalue weighted by Gasteiger charge is 2.23. The van der Waals surface area contributed by atoms with E-state index in [9.17, 15) is 14.9 Å². The SMILES string of the molecule is CCOc1cc(C)c(-c2nc3ccccc3c(=O)n2N=Cc2cc(Br)cc([N+](=O)[O-])c2O[C@@H](C)CC)cc1C(C)C. The van der Waals surface area contributed by atoms with Crippen molar-refractivity contribution in [2.24, 2.45) is 5.10 Å². The van der Waals surface area contributed by atoms with E-state index in [1.165, 1.54) is 17.0 Å². The van der Waals surface area contributed by atoms with Crippen molar-refractivity contribution < 1.29 is 14.4 Å². The van der Waals surface area contributed by atoms with E-state index in [2.05, 4.69) is 34.9 Å². The van der Waals surface area contributed by atoms with Gasteiger partial charge in [0.15, 0.2) is 5.82 Å². The molecule has 0 spiro atoms. The van der Waals surface area contributed by atoms with Crippen LogP contribution < -0.4 is 15.0 Å². The summed E-state index contributed by atoms with van der Waals surface area (Å²) >= 11 is 3.36. The van der Waals surface area contributed by atoms with Crippen LogP contribution in [0.4, 0.5) is 5.69 Å². The molecule has 1 atom stereocenters. The molecule has 0 bridgehead atoms. The molecule has 0 saturated heterocycles. The van der Waals surface area contributed by atoms with E-state index in [0.29, 0.717) is 39.8 Å². The van der Waals surface area contributed by atoms with Crippen molar-refractivity contribution in [1.82, 2.24) is 9.66 Å². The predicted octanol–water partition coefficient (Wildman–Crippen LogP) is 7.62. The molecule has 1 aromatic heterocycles. The summed E-state index contributed by atoms with van der Waals surface area (Å²) < 4.78 is 13.6. The zero-order valence-electron chi connectivity index (χ0n) is 24.0. The fourth-order valence-corrected chi connectivity index (χ4v) is 4.90. The molecular formula is C31H33BrN4O5. The summed E-state index contributed by atoms with van der Waals surface area (Å²) in [6, 6.07) is 14.1. The minimum absolute atomic E-state index is 0.0824. The molecule has 0 aliphatic carbocycles. The molecule has 0 N–H and O–H groups in total. The van der Waals surface area contributed by atoms with Gasteiger partial charge in [0.05, 0.1) is 34.8 Å². The van der Waals surface area contributed by atoms with Crippen LogP contribution in [0.5, 0.6) is 11.5 Å².